The molecule has 0 aliphatic carbocycles. The molecule has 0 saturated carbocycles. The lowest BCUT2D eigenvalue weighted by molar-refractivity contribution is -0.129. The highest BCUT2D eigenvalue weighted by Gasteiger charge is 2.28. The van der Waals surface area contributed by atoms with Gasteiger partial charge in [-0.3, -0.25) is 10.5 Å². The van der Waals surface area contributed by atoms with Crippen LogP contribution < -0.4 is 17.3 Å². The predicted octanol–water partition coefficient (Wildman–Crippen LogP) is -2.26. The lowest BCUT2D eigenvalue weighted by Crippen LogP contribution is -2.55. The van der Waals surface area contributed by atoms with Gasteiger partial charge in [0.05, 0.1) is 6.26 Å². The van der Waals surface area contributed by atoms with Gasteiger partial charge < -0.3 is 10.8 Å². The quantitative estimate of drug-likeness (QED) is 0.141. The number of carbonyl (C=O) groups is 1. The second-order valence-electron chi connectivity index (χ2n) is 2.18. The predicted molar refractivity (Wildman–Crippen MR) is 41.3 cm³/mol. The standard InChI is InChI=1S/C5H9N5O2/c6-3-2(1-11)4(12)10(8)5(7)9-3/h1,5,11H,7-8H2,(H2,6,9). The van der Waals surface area contributed by atoms with E-state index in [1.54, 1.807) is 0 Å². The third-order valence-corrected chi connectivity index (χ3v) is 1.43. The Balaban J connectivity index is 3.09. The average Bonchev–Trinajstić information content (AvgIpc) is 2.01. The van der Waals surface area contributed by atoms with Gasteiger partial charge in [-0.05, 0) is 0 Å². The van der Waals surface area contributed by atoms with Crippen molar-refractivity contribution in [1.82, 2.24) is 5.01 Å². The Morgan fingerprint density at radius 2 is 2.25 bits per heavy atom. The van der Waals surface area contributed by atoms with Crippen LogP contribution in [0.1, 0.15) is 0 Å². The van der Waals surface area contributed by atoms with Crippen molar-refractivity contribution in [1.29, 1.82) is 0 Å². The number of amides is 1. The summed E-state index contributed by atoms with van der Waals surface area (Å²) in [5.41, 5.74) is 10.4. The van der Waals surface area contributed by atoms with Crippen LogP contribution >= 0.6 is 0 Å². The van der Waals surface area contributed by atoms with Crippen LogP contribution in [0.3, 0.4) is 0 Å². The number of nitrogens with two attached hydrogens (primary N) is 3. The highest BCUT2D eigenvalue weighted by atomic mass is 16.2. The molecule has 1 unspecified atom stereocenters. The monoisotopic (exact) mass is 171 g/mol. The Labute approximate surface area is 68.1 Å². The fourth-order valence-corrected chi connectivity index (χ4v) is 0.764. The SMILES string of the molecule is NC1=NC(N)N(N)C(=O)C1=CO. The molecular weight excluding hydrogens is 162 g/mol. The largest absolute Gasteiger partial charge is 0.515 e. The summed E-state index contributed by atoms with van der Waals surface area (Å²) in [5.74, 6) is 4.42. The topological polar surface area (TPSA) is 131 Å². The molecule has 1 aliphatic rings. The molecule has 7 N–H and O–H groups in total. The van der Waals surface area contributed by atoms with E-state index in [0.29, 0.717) is 11.3 Å². The number of hydrogen-bond acceptors (Lipinski definition) is 6. The fraction of sp³-hybridized carbons (Fsp3) is 0.200. The first kappa shape index (κ1) is 8.50. The Morgan fingerprint density at radius 1 is 1.67 bits per heavy atom. The minimum absolute atomic E-state index is 0.114. The minimum atomic E-state index is -0.985. The molecule has 7 nitrogen and oxygen atoms in total. The molecule has 12 heavy (non-hydrogen) atoms. The zero-order valence-corrected chi connectivity index (χ0v) is 6.14. The number of nitrogens with zero attached hydrogens (tertiary/aromatic N) is 2. The number of hydrazine groups is 1. The van der Waals surface area contributed by atoms with Crippen LogP contribution in [0.5, 0.6) is 0 Å². The van der Waals surface area contributed by atoms with Crippen LogP contribution in [0.4, 0.5) is 0 Å². The molecule has 1 aliphatic heterocycles. The molecule has 0 radical (unpaired) electrons. The van der Waals surface area contributed by atoms with Crippen LogP contribution in [-0.4, -0.2) is 28.1 Å². The smallest absolute Gasteiger partial charge is 0.277 e. The molecule has 1 atom stereocenters. The van der Waals surface area contributed by atoms with Gasteiger partial charge in [0.2, 0.25) is 0 Å². The Bertz CT molecular complexity index is 271. The molecule has 0 aromatic rings. The van der Waals surface area contributed by atoms with E-state index >= 15 is 0 Å². The normalized spacial score (nSPS) is 27.7. The highest BCUT2D eigenvalue weighted by molar-refractivity contribution is 6.20. The second kappa shape index (κ2) is 2.80. The van der Waals surface area contributed by atoms with Gasteiger partial charge in [-0.25, -0.2) is 15.8 Å². The maximum atomic E-state index is 11.1. The van der Waals surface area contributed by atoms with Crippen LogP contribution in [-0.2, 0) is 4.79 Å². The first-order valence-corrected chi connectivity index (χ1v) is 3.09. The van der Waals surface area contributed by atoms with Crippen molar-refractivity contribution >= 4 is 11.7 Å². The van der Waals surface area contributed by atoms with Gasteiger partial charge in [0, 0.05) is 0 Å². The van der Waals surface area contributed by atoms with E-state index < -0.39 is 12.2 Å². The van der Waals surface area contributed by atoms with Crippen LogP contribution in [0.15, 0.2) is 16.8 Å². The van der Waals surface area contributed by atoms with E-state index in [9.17, 15) is 4.79 Å². The molecular formula is C5H9N5O2. The molecule has 1 rings (SSSR count). The molecule has 66 valence electrons. The van der Waals surface area contributed by atoms with Gasteiger partial charge in [-0.1, -0.05) is 0 Å². The number of aliphatic hydroxyl groups is 1. The third-order valence-electron chi connectivity index (χ3n) is 1.43. The summed E-state index contributed by atoms with van der Waals surface area (Å²) in [6.45, 7) is 0. The molecule has 0 aromatic heterocycles. The van der Waals surface area contributed by atoms with E-state index in [1.165, 1.54) is 0 Å². The zero-order chi connectivity index (χ0) is 9.30. The summed E-state index contributed by atoms with van der Waals surface area (Å²) in [4.78, 5) is 14.7. The fourth-order valence-electron chi connectivity index (χ4n) is 0.764. The van der Waals surface area contributed by atoms with Crippen molar-refractivity contribution in [2.45, 2.75) is 6.29 Å². The Morgan fingerprint density at radius 3 is 2.75 bits per heavy atom. The molecule has 0 saturated heterocycles. The van der Waals surface area contributed by atoms with Gasteiger partial charge in [0.25, 0.3) is 5.91 Å². The van der Waals surface area contributed by atoms with Crippen molar-refractivity contribution in [3.8, 4) is 0 Å². The van der Waals surface area contributed by atoms with E-state index in [0.717, 1.165) is 0 Å². The third kappa shape index (κ3) is 1.11. The van der Waals surface area contributed by atoms with Crippen LogP contribution in [0.25, 0.3) is 0 Å². The van der Waals surface area contributed by atoms with Gasteiger partial charge in [0.1, 0.15) is 11.4 Å². The molecule has 0 aromatic carbocycles. The maximum absolute atomic E-state index is 11.1. The molecule has 1 amide bonds. The second-order valence-corrected chi connectivity index (χ2v) is 2.18. The van der Waals surface area contributed by atoms with E-state index in [1.807, 2.05) is 0 Å². The van der Waals surface area contributed by atoms with E-state index in [-0.39, 0.29) is 11.4 Å². The number of rotatable bonds is 0. The van der Waals surface area contributed by atoms with E-state index in [4.69, 9.17) is 22.4 Å². The number of carbonyl (C=O) groups excluding carboxylic acids is 1. The molecule has 0 fully saturated rings. The van der Waals surface area contributed by atoms with Gasteiger partial charge in [0.15, 0.2) is 6.29 Å². The number of aliphatic hydroxyl groups excluding tert-OH is 1. The molecule has 0 bridgehead atoms. The van der Waals surface area contributed by atoms with E-state index in [2.05, 4.69) is 4.99 Å². The first-order chi connectivity index (χ1) is 5.57. The number of hydrogen-bond donors (Lipinski definition) is 4. The molecule has 7 heteroatoms. The molecule has 0 spiro atoms. The zero-order valence-electron chi connectivity index (χ0n) is 6.14. The minimum Gasteiger partial charge on any atom is -0.515 e. The van der Waals surface area contributed by atoms with Crippen molar-refractivity contribution in [3.63, 3.8) is 0 Å². The molecule has 1 heterocycles. The summed E-state index contributed by atoms with van der Waals surface area (Å²) >= 11 is 0. The van der Waals surface area contributed by atoms with Crippen LogP contribution in [0.2, 0.25) is 0 Å². The van der Waals surface area contributed by atoms with Gasteiger partial charge in [-0.15, -0.1) is 0 Å². The highest BCUT2D eigenvalue weighted by Crippen LogP contribution is 2.07. The summed E-state index contributed by atoms with van der Waals surface area (Å²) in [5, 5.41) is 9.25. The maximum Gasteiger partial charge on any atom is 0.277 e. The number of aliphatic imine (C=N–C) groups is 1. The lowest BCUT2D eigenvalue weighted by atomic mass is 10.2. The van der Waals surface area contributed by atoms with Crippen molar-refractivity contribution in [2.75, 3.05) is 0 Å². The summed E-state index contributed by atoms with van der Waals surface area (Å²) in [6.07, 6.45) is -0.436. The summed E-state index contributed by atoms with van der Waals surface area (Å²) < 4.78 is 0. The van der Waals surface area contributed by atoms with Gasteiger partial charge >= 0.3 is 0 Å². The summed E-state index contributed by atoms with van der Waals surface area (Å²) in [6, 6.07) is 0. The average molecular weight is 171 g/mol. The first-order valence-electron chi connectivity index (χ1n) is 3.09. The van der Waals surface area contributed by atoms with Crippen molar-refractivity contribution in [2.24, 2.45) is 22.3 Å². The van der Waals surface area contributed by atoms with Crippen molar-refractivity contribution in [3.05, 3.63) is 11.8 Å². The van der Waals surface area contributed by atoms with Crippen LogP contribution in [0, 0.1) is 0 Å². The Hall–Kier alpha value is -1.60. The lowest BCUT2D eigenvalue weighted by Gasteiger charge is -2.26. The Kier molecular flexibility index (Phi) is 1.98. The van der Waals surface area contributed by atoms with Gasteiger partial charge in [-0.2, -0.15) is 0 Å². The van der Waals surface area contributed by atoms with Crippen molar-refractivity contribution < 1.29 is 9.90 Å². The summed E-state index contributed by atoms with van der Waals surface area (Å²) in [7, 11) is 0. The number of amidine groups is 1.